The summed E-state index contributed by atoms with van der Waals surface area (Å²) < 4.78 is 10.9. The first-order valence-corrected chi connectivity index (χ1v) is 7.34. The van der Waals surface area contributed by atoms with Crippen LogP contribution in [0.15, 0.2) is 42.5 Å². The zero-order valence-electron chi connectivity index (χ0n) is 12.6. The SMILES string of the molecule is COc1cc2c(cc1OC)[C@H](c1ccccc1)CNCC2. The van der Waals surface area contributed by atoms with Gasteiger partial charge in [0, 0.05) is 12.5 Å². The third-order valence-electron chi connectivity index (χ3n) is 4.14. The molecule has 3 heteroatoms. The number of ether oxygens (including phenoxy) is 2. The van der Waals surface area contributed by atoms with Gasteiger partial charge in [0.05, 0.1) is 14.2 Å². The second kappa shape index (κ2) is 6.19. The van der Waals surface area contributed by atoms with Crippen LogP contribution in [0.25, 0.3) is 0 Å². The van der Waals surface area contributed by atoms with E-state index in [1.54, 1.807) is 14.2 Å². The predicted octanol–water partition coefficient (Wildman–Crippen LogP) is 2.98. The summed E-state index contributed by atoms with van der Waals surface area (Å²) in [6.45, 7) is 1.94. The van der Waals surface area contributed by atoms with E-state index in [9.17, 15) is 0 Å². The summed E-state index contributed by atoms with van der Waals surface area (Å²) in [5.74, 6) is 1.97. The summed E-state index contributed by atoms with van der Waals surface area (Å²) in [5, 5.41) is 3.54. The Bertz CT molecular complexity index is 610. The molecule has 0 radical (unpaired) electrons. The molecule has 0 bridgehead atoms. The lowest BCUT2D eigenvalue weighted by Gasteiger charge is -2.20. The van der Waals surface area contributed by atoms with Crippen molar-refractivity contribution >= 4 is 0 Å². The number of nitrogens with one attached hydrogen (secondary N) is 1. The van der Waals surface area contributed by atoms with Crippen molar-refractivity contribution < 1.29 is 9.47 Å². The van der Waals surface area contributed by atoms with E-state index in [1.165, 1.54) is 16.7 Å². The highest BCUT2D eigenvalue weighted by molar-refractivity contribution is 5.51. The second-order valence-corrected chi connectivity index (χ2v) is 5.32. The Morgan fingerprint density at radius 3 is 2.43 bits per heavy atom. The fourth-order valence-corrected chi connectivity index (χ4v) is 3.04. The quantitative estimate of drug-likeness (QED) is 0.939. The van der Waals surface area contributed by atoms with Crippen LogP contribution in [0.1, 0.15) is 22.6 Å². The summed E-state index contributed by atoms with van der Waals surface area (Å²) >= 11 is 0. The molecule has 1 heterocycles. The fourth-order valence-electron chi connectivity index (χ4n) is 3.04. The number of rotatable bonds is 3. The van der Waals surface area contributed by atoms with E-state index in [-0.39, 0.29) is 0 Å². The van der Waals surface area contributed by atoms with Gasteiger partial charge in [-0.3, -0.25) is 0 Å². The molecule has 2 aromatic rings. The van der Waals surface area contributed by atoms with E-state index in [0.717, 1.165) is 31.0 Å². The van der Waals surface area contributed by atoms with E-state index in [0.29, 0.717) is 5.92 Å². The van der Waals surface area contributed by atoms with Crippen LogP contribution in [0.2, 0.25) is 0 Å². The van der Waals surface area contributed by atoms with Crippen LogP contribution in [-0.2, 0) is 6.42 Å². The molecule has 0 unspecified atom stereocenters. The molecule has 0 saturated carbocycles. The van der Waals surface area contributed by atoms with E-state index in [4.69, 9.17) is 9.47 Å². The van der Waals surface area contributed by atoms with Gasteiger partial charge < -0.3 is 14.8 Å². The van der Waals surface area contributed by atoms with Crippen molar-refractivity contribution in [2.75, 3.05) is 27.3 Å². The molecule has 0 saturated heterocycles. The fraction of sp³-hybridized carbons (Fsp3) is 0.333. The van der Waals surface area contributed by atoms with Crippen molar-refractivity contribution in [2.45, 2.75) is 12.3 Å². The van der Waals surface area contributed by atoms with E-state index >= 15 is 0 Å². The normalized spacial score (nSPS) is 17.7. The van der Waals surface area contributed by atoms with Gasteiger partial charge >= 0.3 is 0 Å². The lowest BCUT2D eigenvalue weighted by atomic mass is 9.88. The van der Waals surface area contributed by atoms with Crippen LogP contribution in [-0.4, -0.2) is 27.3 Å². The van der Waals surface area contributed by atoms with Crippen molar-refractivity contribution in [3.63, 3.8) is 0 Å². The molecule has 0 spiro atoms. The summed E-state index contributed by atoms with van der Waals surface area (Å²) in [6, 6.07) is 14.9. The molecule has 1 N–H and O–H groups in total. The third kappa shape index (κ3) is 2.74. The van der Waals surface area contributed by atoms with Gasteiger partial charge in [-0.15, -0.1) is 0 Å². The Balaban J connectivity index is 2.10. The van der Waals surface area contributed by atoms with E-state index in [1.807, 2.05) is 0 Å². The van der Waals surface area contributed by atoms with Crippen molar-refractivity contribution in [1.29, 1.82) is 0 Å². The van der Waals surface area contributed by atoms with E-state index < -0.39 is 0 Å². The Labute approximate surface area is 125 Å². The minimum absolute atomic E-state index is 0.350. The van der Waals surface area contributed by atoms with Crippen LogP contribution in [0.4, 0.5) is 0 Å². The first-order valence-electron chi connectivity index (χ1n) is 7.34. The van der Waals surface area contributed by atoms with Gasteiger partial charge in [0.2, 0.25) is 0 Å². The molecule has 0 aromatic heterocycles. The average molecular weight is 283 g/mol. The van der Waals surface area contributed by atoms with Crippen LogP contribution in [0.3, 0.4) is 0 Å². The van der Waals surface area contributed by atoms with Gasteiger partial charge in [-0.05, 0) is 41.8 Å². The number of fused-ring (bicyclic) bond motifs is 1. The lowest BCUT2D eigenvalue weighted by Crippen LogP contribution is -2.20. The maximum atomic E-state index is 5.48. The Hall–Kier alpha value is -2.00. The molecule has 110 valence electrons. The van der Waals surface area contributed by atoms with Crippen LogP contribution >= 0.6 is 0 Å². The van der Waals surface area contributed by atoms with Crippen molar-refractivity contribution in [1.82, 2.24) is 5.32 Å². The molecule has 3 rings (SSSR count). The van der Waals surface area contributed by atoms with Gasteiger partial charge in [0.1, 0.15) is 0 Å². The standard InChI is InChI=1S/C18H21NO2/c1-20-17-10-14-8-9-19-12-16(13-6-4-3-5-7-13)15(14)11-18(17)21-2/h3-7,10-11,16,19H,8-9,12H2,1-2H3/t16-/m0/s1. The molecule has 2 aromatic carbocycles. The maximum Gasteiger partial charge on any atom is 0.161 e. The lowest BCUT2D eigenvalue weighted by molar-refractivity contribution is 0.354. The minimum atomic E-state index is 0.350. The van der Waals surface area contributed by atoms with Gasteiger partial charge in [-0.2, -0.15) is 0 Å². The molecule has 0 aliphatic carbocycles. The molecule has 1 atom stereocenters. The zero-order valence-corrected chi connectivity index (χ0v) is 12.6. The summed E-state index contributed by atoms with van der Waals surface area (Å²) in [6.07, 6.45) is 1.01. The van der Waals surface area contributed by atoms with Gasteiger partial charge in [0.25, 0.3) is 0 Å². The van der Waals surface area contributed by atoms with Crippen molar-refractivity contribution in [3.05, 3.63) is 59.2 Å². The monoisotopic (exact) mass is 283 g/mol. The highest BCUT2D eigenvalue weighted by atomic mass is 16.5. The minimum Gasteiger partial charge on any atom is -0.493 e. The maximum absolute atomic E-state index is 5.48. The first kappa shape index (κ1) is 14.0. The van der Waals surface area contributed by atoms with Crippen LogP contribution in [0, 0.1) is 0 Å². The highest BCUT2D eigenvalue weighted by Gasteiger charge is 2.22. The van der Waals surface area contributed by atoms with Gasteiger partial charge in [-0.25, -0.2) is 0 Å². The van der Waals surface area contributed by atoms with E-state index in [2.05, 4.69) is 47.8 Å². The molecule has 0 fully saturated rings. The largest absolute Gasteiger partial charge is 0.493 e. The predicted molar refractivity (Wildman–Crippen MR) is 84.4 cm³/mol. The smallest absolute Gasteiger partial charge is 0.161 e. The van der Waals surface area contributed by atoms with Gasteiger partial charge in [0.15, 0.2) is 11.5 Å². The number of hydrogen-bond donors (Lipinski definition) is 1. The first-order chi connectivity index (χ1) is 10.3. The molecule has 3 nitrogen and oxygen atoms in total. The summed E-state index contributed by atoms with van der Waals surface area (Å²) in [4.78, 5) is 0. The van der Waals surface area contributed by atoms with Crippen LogP contribution in [0.5, 0.6) is 11.5 Å². The van der Waals surface area contributed by atoms with Crippen LogP contribution < -0.4 is 14.8 Å². The number of methoxy groups -OCH3 is 2. The highest BCUT2D eigenvalue weighted by Crippen LogP contribution is 2.37. The Morgan fingerprint density at radius 1 is 1.00 bits per heavy atom. The van der Waals surface area contributed by atoms with Crippen molar-refractivity contribution in [2.24, 2.45) is 0 Å². The van der Waals surface area contributed by atoms with Crippen molar-refractivity contribution in [3.8, 4) is 11.5 Å². The number of benzene rings is 2. The Kier molecular flexibility index (Phi) is 4.11. The molecular weight excluding hydrogens is 262 g/mol. The Morgan fingerprint density at radius 2 is 1.71 bits per heavy atom. The molecule has 21 heavy (non-hydrogen) atoms. The summed E-state index contributed by atoms with van der Waals surface area (Å²) in [7, 11) is 3.38. The van der Waals surface area contributed by atoms with Gasteiger partial charge in [-0.1, -0.05) is 30.3 Å². The number of hydrogen-bond acceptors (Lipinski definition) is 3. The zero-order chi connectivity index (χ0) is 14.7. The summed E-state index contributed by atoms with van der Waals surface area (Å²) in [5.41, 5.74) is 4.01. The second-order valence-electron chi connectivity index (χ2n) is 5.32. The molecule has 0 amide bonds. The molecule has 1 aliphatic heterocycles. The topological polar surface area (TPSA) is 30.5 Å². The third-order valence-corrected chi connectivity index (χ3v) is 4.14. The molecule has 1 aliphatic rings. The average Bonchev–Trinajstić information content (AvgIpc) is 2.76. The molecular formula is C18H21NO2.